The molecular weight excluding hydrogens is 204 g/mol. The van der Waals surface area contributed by atoms with Crippen molar-refractivity contribution in [2.75, 3.05) is 20.2 Å². The van der Waals surface area contributed by atoms with Crippen molar-refractivity contribution in [3.05, 3.63) is 0 Å². The van der Waals surface area contributed by atoms with Crippen LogP contribution in [-0.4, -0.2) is 38.3 Å². The number of carbonyl (C=O) groups is 1. The lowest BCUT2D eigenvalue weighted by Crippen LogP contribution is -2.36. The van der Waals surface area contributed by atoms with Gasteiger partial charge in [-0.25, -0.2) is 0 Å². The zero-order valence-electron chi connectivity index (χ0n) is 10.4. The Balaban J connectivity index is 2.05. The molecule has 2 N–H and O–H groups in total. The monoisotopic (exact) mass is 228 g/mol. The molecule has 2 unspecified atom stereocenters. The fraction of sp³-hybridized carbons (Fsp3) is 0.917. The van der Waals surface area contributed by atoms with E-state index in [1.165, 1.54) is 19.3 Å². The van der Waals surface area contributed by atoms with Gasteiger partial charge in [-0.1, -0.05) is 6.42 Å². The van der Waals surface area contributed by atoms with Crippen LogP contribution in [0.15, 0.2) is 0 Å². The summed E-state index contributed by atoms with van der Waals surface area (Å²) >= 11 is 0. The third-order valence-corrected chi connectivity index (χ3v) is 3.12. The van der Waals surface area contributed by atoms with Gasteiger partial charge >= 0.3 is 0 Å². The first-order valence-electron chi connectivity index (χ1n) is 6.25. The average molecular weight is 228 g/mol. The first kappa shape index (κ1) is 13.5. The van der Waals surface area contributed by atoms with Crippen molar-refractivity contribution in [3.8, 4) is 0 Å². The van der Waals surface area contributed by atoms with Crippen molar-refractivity contribution < 1.29 is 9.53 Å². The molecule has 0 bridgehead atoms. The Kier molecular flexibility index (Phi) is 6.42. The minimum absolute atomic E-state index is 0.0942. The van der Waals surface area contributed by atoms with Gasteiger partial charge < -0.3 is 15.4 Å². The molecule has 2 atom stereocenters. The van der Waals surface area contributed by atoms with Crippen molar-refractivity contribution in [1.82, 2.24) is 10.6 Å². The van der Waals surface area contributed by atoms with Gasteiger partial charge in [-0.05, 0) is 32.7 Å². The highest BCUT2D eigenvalue weighted by Crippen LogP contribution is 2.11. The van der Waals surface area contributed by atoms with Gasteiger partial charge in [0.05, 0.1) is 6.10 Å². The molecule has 1 amide bonds. The summed E-state index contributed by atoms with van der Waals surface area (Å²) in [5.41, 5.74) is 0. The van der Waals surface area contributed by atoms with Gasteiger partial charge in [0.15, 0.2) is 0 Å². The highest BCUT2D eigenvalue weighted by Gasteiger charge is 2.14. The van der Waals surface area contributed by atoms with Crippen LogP contribution in [0.3, 0.4) is 0 Å². The molecule has 0 aromatic carbocycles. The molecule has 94 valence electrons. The number of carbonyl (C=O) groups excluding carboxylic acids is 1. The topological polar surface area (TPSA) is 50.4 Å². The van der Waals surface area contributed by atoms with E-state index in [0.717, 1.165) is 13.0 Å². The first-order valence-corrected chi connectivity index (χ1v) is 6.25. The van der Waals surface area contributed by atoms with Crippen molar-refractivity contribution in [2.45, 2.75) is 51.2 Å². The molecular formula is C12H24N2O2. The Morgan fingerprint density at radius 2 is 2.38 bits per heavy atom. The third kappa shape index (κ3) is 5.47. The minimum Gasteiger partial charge on any atom is -0.380 e. The van der Waals surface area contributed by atoms with E-state index in [2.05, 4.69) is 10.6 Å². The normalized spacial score (nSPS) is 22.8. The maximum absolute atomic E-state index is 11.5. The standard InChI is InChI=1S/C12H24N2O2/c1-10(16-2)9-14-12(15)7-6-11-5-3-4-8-13-11/h10-11,13H,3-9H2,1-2H3,(H,14,15). The summed E-state index contributed by atoms with van der Waals surface area (Å²) in [5.74, 6) is 0.135. The second kappa shape index (κ2) is 7.63. The molecule has 4 heteroatoms. The smallest absolute Gasteiger partial charge is 0.220 e. The molecule has 0 radical (unpaired) electrons. The SMILES string of the molecule is COC(C)CNC(=O)CCC1CCCCN1. The van der Waals surface area contributed by atoms with Gasteiger partial charge in [-0.3, -0.25) is 4.79 Å². The van der Waals surface area contributed by atoms with E-state index >= 15 is 0 Å². The van der Waals surface area contributed by atoms with Crippen LogP contribution in [0.4, 0.5) is 0 Å². The summed E-state index contributed by atoms with van der Waals surface area (Å²) in [6.45, 7) is 3.66. The van der Waals surface area contributed by atoms with E-state index in [4.69, 9.17) is 4.74 Å². The Bertz CT molecular complexity index is 203. The number of piperidine rings is 1. The molecule has 1 aliphatic rings. The Morgan fingerprint density at radius 1 is 1.56 bits per heavy atom. The number of rotatable bonds is 6. The van der Waals surface area contributed by atoms with E-state index < -0.39 is 0 Å². The Morgan fingerprint density at radius 3 is 3.00 bits per heavy atom. The Hall–Kier alpha value is -0.610. The highest BCUT2D eigenvalue weighted by molar-refractivity contribution is 5.75. The predicted molar refractivity (Wildman–Crippen MR) is 64.4 cm³/mol. The predicted octanol–water partition coefficient (Wildman–Crippen LogP) is 1.06. The van der Waals surface area contributed by atoms with Gasteiger partial charge in [-0.2, -0.15) is 0 Å². The van der Waals surface area contributed by atoms with Crippen LogP contribution in [0.1, 0.15) is 39.0 Å². The van der Waals surface area contributed by atoms with Crippen molar-refractivity contribution in [1.29, 1.82) is 0 Å². The first-order chi connectivity index (χ1) is 7.72. The molecule has 0 aromatic heterocycles. The highest BCUT2D eigenvalue weighted by atomic mass is 16.5. The van der Waals surface area contributed by atoms with Crippen LogP contribution >= 0.6 is 0 Å². The second-order valence-corrected chi connectivity index (χ2v) is 4.54. The maximum atomic E-state index is 11.5. The number of hydrogen-bond acceptors (Lipinski definition) is 3. The van der Waals surface area contributed by atoms with Crippen LogP contribution in [0.2, 0.25) is 0 Å². The van der Waals surface area contributed by atoms with Gasteiger partial charge in [0, 0.05) is 26.1 Å². The molecule has 0 aromatic rings. The van der Waals surface area contributed by atoms with Gasteiger partial charge in [0.1, 0.15) is 0 Å². The zero-order chi connectivity index (χ0) is 11.8. The maximum Gasteiger partial charge on any atom is 0.220 e. The fourth-order valence-corrected chi connectivity index (χ4v) is 1.90. The molecule has 0 saturated carbocycles. The van der Waals surface area contributed by atoms with Crippen molar-refractivity contribution >= 4 is 5.91 Å². The lowest BCUT2D eigenvalue weighted by atomic mass is 10.0. The summed E-state index contributed by atoms with van der Waals surface area (Å²) in [5, 5.41) is 6.33. The van der Waals surface area contributed by atoms with Gasteiger partial charge in [-0.15, -0.1) is 0 Å². The molecule has 1 saturated heterocycles. The molecule has 0 aliphatic carbocycles. The van der Waals surface area contributed by atoms with Crippen LogP contribution < -0.4 is 10.6 Å². The Labute approximate surface area is 98.1 Å². The van der Waals surface area contributed by atoms with E-state index in [-0.39, 0.29) is 12.0 Å². The number of methoxy groups -OCH3 is 1. The summed E-state index contributed by atoms with van der Waals surface area (Å²) < 4.78 is 5.07. The van der Waals surface area contributed by atoms with Gasteiger partial charge in [0.25, 0.3) is 0 Å². The van der Waals surface area contributed by atoms with Gasteiger partial charge in [0.2, 0.25) is 5.91 Å². The van der Waals surface area contributed by atoms with E-state index in [0.29, 0.717) is 19.0 Å². The second-order valence-electron chi connectivity index (χ2n) is 4.54. The molecule has 1 rings (SSSR count). The number of amides is 1. The van der Waals surface area contributed by atoms with E-state index in [9.17, 15) is 4.79 Å². The van der Waals surface area contributed by atoms with Crippen LogP contribution in [-0.2, 0) is 9.53 Å². The molecule has 4 nitrogen and oxygen atoms in total. The summed E-state index contributed by atoms with van der Waals surface area (Å²) in [6.07, 6.45) is 5.44. The summed E-state index contributed by atoms with van der Waals surface area (Å²) in [6, 6.07) is 0.541. The number of ether oxygens (including phenoxy) is 1. The number of nitrogens with one attached hydrogen (secondary N) is 2. The number of hydrogen-bond donors (Lipinski definition) is 2. The van der Waals surface area contributed by atoms with Crippen molar-refractivity contribution in [2.24, 2.45) is 0 Å². The van der Waals surface area contributed by atoms with Crippen molar-refractivity contribution in [3.63, 3.8) is 0 Å². The minimum atomic E-state index is 0.0942. The summed E-state index contributed by atoms with van der Waals surface area (Å²) in [7, 11) is 1.66. The molecule has 1 fully saturated rings. The summed E-state index contributed by atoms with van der Waals surface area (Å²) in [4.78, 5) is 11.5. The zero-order valence-corrected chi connectivity index (χ0v) is 10.4. The lowest BCUT2D eigenvalue weighted by molar-refractivity contribution is -0.121. The fourth-order valence-electron chi connectivity index (χ4n) is 1.90. The molecule has 1 aliphatic heterocycles. The lowest BCUT2D eigenvalue weighted by Gasteiger charge is -2.23. The third-order valence-electron chi connectivity index (χ3n) is 3.12. The quantitative estimate of drug-likeness (QED) is 0.714. The average Bonchev–Trinajstić information content (AvgIpc) is 2.34. The van der Waals surface area contributed by atoms with E-state index in [1.54, 1.807) is 7.11 Å². The van der Waals surface area contributed by atoms with Crippen LogP contribution in [0.5, 0.6) is 0 Å². The van der Waals surface area contributed by atoms with Crippen LogP contribution in [0.25, 0.3) is 0 Å². The van der Waals surface area contributed by atoms with Crippen LogP contribution in [0, 0.1) is 0 Å². The largest absolute Gasteiger partial charge is 0.380 e. The molecule has 0 spiro atoms. The van der Waals surface area contributed by atoms with E-state index in [1.807, 2.05) is 6.92 Å². The molecule has 1 heterocycles. The molecule has 16 heavy (non-hydrogen) atoms.